The lowest BCUT2D eigenvalue weighted by Gasteiger charge is -2.33. The van der Waals surface area contributed by atoms with Crippen molar-refractivity contribution < 1.29 is 28.3 Å². The molecule has 0 atom stereocenters. The fraction of sp³-hybridized carbons (Fsp3) is 0.222. The van der Waals surface area contributed by atoms with Crippen LogP contribution in [-0.4, -0.2) is 69.9 Å². The molecule has 1 aromatic heterocycles. The number of hydrogen-bond acceptors (Lipinski definition) is 10. The Labute approximate surface area is 297 Å². The molecule has 1 aliphatic rings. The largest absolute Gasteiger partial charge is 0.507 e. The van der Waals surface area contributed by atoms with E-state index in [4.69, 9.17) is 37.2 Å². The van der Waals surface area contributed by atoms with Crippen LogP contribution in [0.3, 0.4) is 0 Å². The molecular weight excluding hydrogens is 686 g/mol. The molecule has 2 N–H and O–H groups in total. The average Bonchev–Trinajstić information content (AvgIpc) is 3.58. The van der Waals surface area contributed by atoms with Crippen molar-refractivity contribution in [1.29, 1.82) is 0 Å². The monoisotopic (exact) mass is 718 g/mol. The molecule has 1 fully saturated rings. The third-order valence-corrected chi connectivity index (χ3v) is 8.48. The second-order valence-corrected chi connectivity index (χ2v) is 12.4. The van der Waals surface area contributed by atoms with Crippen molar-refractivity contribution in [3.63, 3.8) is 0 Å². The van der Waals surface area contributed by atoms with Crippen molar-refractivity contribution in [3.8, 4) is 28.6 Å². The quantitative estimate of drug-likeness (QED) is 0.106. The van der Waals surface area contributed by atoms with Crippen molar-refractivity contribution >= 4 is 35.3 Å². The number of piperazine rings is 1. The van der Waals surface area contributed by atoms with E-state index in [1.807, 2.05) is 29.2 Å². The van der Waals surface area contributed by atoms with Crippen LogP contribution in [0.4, 0.5) is 4.39 Å². The van der Waals surface area contributed by atoms with E-state index in [1.165, 1.54) is 24.4 Å². The highest BCUT2D eigenvalue weighted by molar-refractivity contribution is 6.35. The molecule has 0 radical (unpaired) electrons. The minimum atomic E-state index is -0.306. The Morgan fingerprint density at radius 2 is 1.64 bits per heavy atom. The Morgan fingerprint density at radius 3 is 2.38 bits per heavy atom. The number of amides is 1. The smallest absolute Gasteiger partial charge is 0.254 e. The van der Waals surface area contributed by atoms with Crippen LogP contribution in [0.5, 0.6) is 17.2 Å². The van der Waals surface area contributed by atoms with Gasteiger partial charge in [-0.05, 0) is 54.1 Å². The Bertz CT molecular complexity index is 1930. The number of phenols is 1. The average molecular weight is 720 g/mol. The van der Waals surface area contributed by atoms with Gasteiger partial charge in [0, 0.05) is 59.0 Å². The summed E-state index contributed by atoms with van der Waals surface area (Å²) in [6, 6.07) is 23.5. The van der Waals surface area contributed by atoms with Gasteiger partial charge in [0.05, 0.1) is 19.3 Å². The molecule has 5 aromatic rings. The van der Waals surface area contributed by atoms with Crippen LogP contribution in [0.25, 0.3) is 11.4 Å². The van der Waals surface area contributed by atoms with Crippen LogP contribution in [-0.2, 0) is 24.6 Å². The number of carbonyl (C=O) groups is 1. The molecule has 2 heterocycles. The first-order chi connectivity index (χ1) is 24.3. The van der Waals surface area contributed by atoms with Crippen LogP contribution in [0.1, 0.15) is 22.6 Å². The molecule has 0 bridgehead atoms. The number of rotatable bonds is 13. The van der Waals surface area contributed by atoms with Crippen LogP contribution < -0.4 is 14.9 Å². The summed E-state index contributed by atoms with van der Waals surface area (Å²) in [6.07, 6.45) is 1.38. The molecule has 1 aliphatic heterocycles. The minimum absolute atomic E-state index is 0.0461. The third-order valence-electron chi connectivity index (χ3n) is 7.89. The number of nitrogens with zero attached hydrogens (tertiary/aromatic N) is 5. The molecule has 14 heteroatoms. The summed E-state index contributed by atoms with van der Waals surface area (Å²) in [5.74, 6) is 1.44. The lowest BCUT2D eigenvalue weighted by atomic mass is 10.1. The number of carbonyl (C=O) groups excluding carboxylic acids is 1. The lowest BCUT2D eigenvalue weighted by Crippen LogP contribution is -2.48. The first kappa shape index (κ1) is 34.8. The summed E-state index contributed by atoms with van der Waals surface area (Å²) in [5, 5.41) is 19.6. The van der Waals surface area contributed by atoms with Gasteiger partial charge >= 0.3 is 0 Å². The standard InChI is InChI=1S/C36H33Cl2FN6O5/c37-28-7-5-27(32(38)17-28)23-49-31-10-6-26(33(46)18-31)19-40-42-34(47)20-44-13-15-45(16-14-44)21-35-41-36(43-50-35)25-3-1-24(2-4-25)22-48-30-11-8-29(39)9-12-30/h1-12,17-19,46H,13-16,20-23H2,(H,42,47)/b40-19+. The number of ether oxygens (including phenoxy) is 2. The summed E-state index contributed by atoms with van der Waals surface area (Å²) in [7, 11) is 0. The highest BCUT2D eigenvalue weighted by atomic mass is 35.5. The van der Waals surface area contributed by atoms with Crippen molar-refractivity contribution in [2.45, 2.75) is 19.8 Å². The summed E-state index contributed by atoms with van der Waals surface area (Å²) >= 11 is 12.1. The van der Waals surface area contributed by atoms with Crippen molar-refractivity contribution in [3.05, 3.63) is 123 Å². The van der Waals surface area contributed by atoms with Gasteiger partial charge in [0.15, 0.2) is 0 Å². The van der Waals surface area contributed by atoms with E-state index in [1.54, 1.807) is 42.5 Å². The number of phenolic OH excluding ortho intramolecular Hbond substituents is 1. The van der Waals surface area contributed by atoms with Gasteiger partial charge in [-0.1, -0.05) is 58.7 Å². The second-order valence-electron chi connectivity index (χ2n) is 11.5. The molecular formula is C36H33Cl2FN6O5. The predicted molar refractivity (Wildman–Crippen MR) is 187 cm³/mol. The van der Waals surface area contributed by atoms with Crippen molar-refractivity contribution in [1.82, 2.24) is 25.4 Å². The molecule has 1 saturated heterocycles. The van der Waals surface area contributed by atoms with Gasteiger partial charge in [0.1, 0.15) is 36.3 Å². The van der Waals surface area contributed by atoms with E-state index < -0.39 is 0 Å². The maximum atomic E-state index is 13.1. The molecule has 4 aromatic carbocycles. The molecule has 258 valence electrons. The van der Waals surface area contributed by atoms with Crippen molar-refractivity contribution in [2.75, 3.05) is 32.7 Å². The lowest BCUT2D eigenvalue weighted by molar-refractivity contribution is -0.122. The van der Waals surface area contributed by atoms with E-state index >= 15 is 0 Å². The zero-order chi connectivity index (χ0) is 34.9. The van der Waals surface area contributed by atoms with Gasteiger partial charge in [0.25, 0.3) is 5.91 Å². The summed E-state index contributed by atoms with van der Waals surface area (Å²) in [4.78, 5) is 21.3. The fourth-order valence-corrected chi connectivity index (χ4v) is 5.58. The van der Waals surface area contributed by atoms with Gasteiger partial charge in [-0.15, -0.1) is 0 Å². The summed E-state index contributed by atoms with van der Waals surface area (Å²) in [6.45, 7) is 4.07. The number of aromatic nitrogens is 2. The number of hydrogen-bond donors (Lipinski definition) is 2. The van der Waals surface area contributed by atoms with Crippen LogP contribution in [0.2, 0.25) is 10.0 Å². The molecule has 0 aliphatic carbocycles. The molecule has 0 unspecified atom stereocenters. The molecule has 50 heavy (non-hydrogen) atoms. The van der Waals surface area contributed by atoms with E-state index in [0.717, 1.165) is 29.8 Å². The van der Waals surface area contributed by atoms with E-state index in [9.17, 15) is 14.3 Å². The molecule has 6 rings (SSSR count). The number of aromatic hydroxyl groups is 1. The first-order valence-corrected chi connectivity index (χ1v) is 16.5. The maximum absolute atomic E-state index is 13.1. The van der Waals surface area contributed by atoms with Gasteiger partial charge in [-0.2, -0.15) is 10.1 Å². The zero-order valence-corrected chi connectivity index (χ0v) is 28.3. The minimum Gasteiger partial charge on any atom is -0.507 e. The van der Waals surface area contributed by atoms with Gasteiger partial charge in [-0.25, -0.2) is 9.82 Å². The van der Waals surface area contributed by atoms with E-state index in [0.29, 0.717) is 65.1 Å². The summed E-state index contributed by atoms with van der Waals surface area (Å²) in [5.41, 5.74) is 5.48. The molecule has 11 nitrogen and oxygen atoms in total. The van der Waals surface area contributed by atoms with Gasteiger partial charge in [-0.3, -0.25) is 14.6 Å². The number of nitrogens with one attached hydrogen (secondary N) is 1. The van der Waals surface area contributed by atoms with Crippen molar-refractivity contribution in [2.24, 2.45) is 5.10 Å². The molecule has 0 spiro atoms. The number of halogens is 3. The highest BCUT2D eigenvalue weighted by Crippen LogP contribution is 2.26. The van der Waals surface area contributed by atoms with Gasteiger partial charge < -0.3 is 19.1 Å². The van der Waals surface area contributed by atoms with Crippen LogP contribution in [0.15, 0.2) is 94.6 Å². The maximum Gasteiger partial charge on any atom is 0.254 e. The van der Waals surface area contributed by atoms with E-state index in [2.05, 4.69) is 25.6 Å². The van der Waals surface area contributed by atoms with E-state index in [-0.39, 0.29) is 30.6 Å². The zero-order valence-electron chi connectivity index (χ0n) is 26.8. The predicted octanol–water partition coefficient (Wildman–Crippen LogP) is 6.31. The Hall–Kier alpha value is -5.01. The molecule has 0 saturated carbocycles. The third kappa shape index (κ3) is 9.79. The fourth-order valence-electron chi connectivity index (χ4n) is 5.12. The second kappa shape index (κ2) is 16.6. The summed E-state index contributed by atoms with van der Waals surface area (Å²) < 4.78 is 30.0. The number of benzene rings is 4. The van der Waals surface area contributed by atoms with Gasteiger partial charge in [0.2, 0.25) is 11.7 Å². The number of hydrazone groups is 1. The van der Waals surface area contributed by atoms with Crippen LogP contribution in [0, 0.1) is 5.82 Å². The van der Waals surface area contributed by atoms with Crippen LogP contribution >= 0.6 is 23.2 Å². The molecule has 1 amide bonds. The first-order valence-electron chi connectivity index (χ1n) is 15.7. The highest BCUT2D eigenvalue weighted by Gasteiger charge is 2.21. The normalized spacial score (nSPS) is 13.8. The SMILES string of the molecule is O=C(CN1CCN(Cc2nc(-c3ccc(COc4ccc(F)cc4)cc3)no2)CC1)N/N=C/c1ccc(OCc2ccc(Cl)cc2Cl)cc1O. The Balaban J connectivity index is 0.895. The Kier molecular flexibility index (Phi) is 11.6. The Morgan fingerprint density at radius 1 is 0.920 bits per heavy atom. The topological polar surface area (TPSA) is 126 Å².